The van der Waals surface area contributed by atoms with Crippen molar-refractivity contribution in [3.05, 3.63) is 47.1 Å². The smallest absolute Gasteiger partial charge is 0.399 e. The third kappa shape index (κ3) is 3.94. The lowest BCUT2D eigenvalue weighted by Gasteiger charge is -2.32. The second-order valence-corrected chi connectivity index (χ2v) is 12.1. The third-order valence-corrected chi connectivity index (χ3v) is 8.50. The van der Waals surface area contributed by atoms with Crippen LogP contribution in [0.5, 0.6) is 0 Å². The van der Waals surface area contributed by atoms with Crippen LogP contribution in [0.15, 0.2) is 36.4 Å². The maximum Gasteiger partial charge on any atom is 0.494 e. The molecule has 184 valence electrons. The van der Waals surface area contributed by atoms with E-state index in [1.54, 1.807) is 4.68 Å². The van der Waals surface area contributed by atoms with Crippen molar-refractivity contribution in [2.24, 2.45) is 0 Å². The van der Waals surface area contributed by atoms with Crippen molar-refractivity contribution in [1.82, 2.24) is 9.78 Å². The lowest BCUT2D eigenvalue weighted by molar-refractivity contribution is 0.00578. The fourth-order valence-electron chi connectivity index (χ4n) is 4.40. The Morgan fingerprint density at radius 2 is 1.17 bits per heavy atom. The first-order chi connectivity index (χ1) is 16.1. The lowest BCUT2D eigenvalue weighted by Crippen LogP contribution is -2.41. The molecule has 2 fully saturated rings. The fourth-order valence-corrected chi connectivity index (χ4v) is 4.68. The number of halogens is 1. The summed E-state index contributed by atoms with van der Waals surface area (Å²) in [5.74, 6) is 0. The number of nitrogens with zero attached hydrogens (tertiary/aromatic N) is 2. The summed E-state index contributed by atoms with van der Waals surface area (Å²) in [5, 5.41) is 6.18. The van der Waals surface area contributed by atoms with Crippen LogP contribution in [0.4, 0.5) is 0 Å². The van der Waals surface area contributed by atoms with Crippen molar-refractivity contribution in [2.45, 2.75) is 84.7 Å². The van der Waals surface area contributed by atoms with Crippen LogP contribution < -0.4 is 10.9 Å². The quantitative estimate of drug-likeness (QED) is 0.499. The second kappa shape index (κ2) is 7.83. The minimum atomic E-state index is -0.454. The average molecular weight is 495 g/mol. The summed E-state index contributed by atoms with van der Waals surface area (Å²) in [4.78, 5) is 0. The highest BCUT2D eigenvalue weighted by Crippen LogP contribution is 2.38. The Labute approximate surface area is 213 Å². The van der Waals surface area contributed by atoms with Crippen LogP contribution in [0.3, 0.4) is 0 Å². The van der Waals surface area contributed by atoms with Crippen LogP contribution in [0, 0.1) is 6.92 Å². The standard InChI is InChI=1S/C26H33B2ClN2O4/c1-16-14-17(27-32-23(2,3)24(4,5)33-27)11-13-21(16)31-22(29)19-15-18(10-12-20(19)30-31)28-34-25(6,7)26(8,9)35-28/h10-15H,1-9H3. The van der Waals surface area contributed by atoms with Gasteiger partial charge in [0.25, 0.3) is 0 Å². The predicted octanol–water partition coefficient (Wildman–Crippen LogP) is 4.59. The molecule has 9 heteroatoms. The highest BCUT2D eigenvalue weighted by Gasteiger charge is 2.52. The van der Waals surface area contributed by atoms with E-state index in [2.05, 4.69) is 33.8 Å². The summed E-state index contributed by atoms with van der Waals surface area (Å²) in [6, 6.07) is 12.1. The predicted molar refractivity (Wildman–Crippen MR) is 142 cm³/mol. The maximum atomic E-state index is 6.87. The average Bonchev–Trinajstić information content (AvgIpc) is 3.27. The molecule has 2 aliphatic rings. The molecule has 35 heavy (non-hydrogen) atoms. The molecule has 0 aliphatic carbocycles. The molecule has 3 aromatic rings. The Morgan fingerprint density at radius 1 is 0.714 bits per heavy atom. The van der Waals surface area contributed by atoms with Crippen molar-refractivity contribution in [1.29, 1.82) is 0 Å². The molecule has 1 aromatic heterocycles. The van der Waals surface area contributed by atoms with E-state index in [1.165, 1.54) is 0 Å². The molecule has 2 aromatic carbocycles. The Morgan fingerprint density at radius 3 is 1.66 bits per heavy atom. The van der Waals surface area contributed by atoms with Crippen LogP contribution >= 0.6 is 11.6 Å². The van der Waals surface area contributed by atoms with Gasteiger partial charge in [0.1, 0.15) is 5.15 Å². The van der Waals surface area contributed by atoms with Crippen LogP contribution in [-0.4, -0.2) is 46.4 Å². The van der Waals surface area contributed by atoms with Gasteiger partial charge in [-0.15, -0.1) is 0 Å². The summed E-state index contributed by atoms with van der Waals surface area (Å²) in [5.41, 5.74) is 3.05. The Balaban J connectivity index is 1.46. The molecule has 6 nitrogen and oxygen atoms in total. The highest BCUT2D eigenvalue weighted by molar-refractivity contribution is 6.62. The topological polar surface area (TPSA) is 54.7 Å². The number of hydrogen-bond acceptors (Lipinski definition) is 5. The van der Waals surface area contributed by atoms with E-state index in [4.69, 9.17) is 35.3 Å². The van der Waals surface area contributed by atoms with E-state index in [0.29, 0.717) is 5.15 Å². The number of fused-ring (bicyclic) bond motifs is 1. The zero-order chi connectivity index (χ0) is 25.6. The van der Waals surface area contributed by atoms with Crippen molar-refractivity contribution >= 4 is 47.7 Å². The number of benzene rings is 2. The summed E-state index contributed by atoms with van der Waals surface area (Å²) in [7, 11) is -0.868. The molecule has 0 unspecified atom stereocenters. The van der Waals surface area contributed by atoms with Crippen molar-refractivity contribution in [3.8, 4) is 5.69 Å². The largest absolute Gasteiger partial charge is 0.494 e. The summed E-state index contributed by atoms with van der Waals surface area (Å²) < 4.78 is 26.7. The molecule has 3 heterocycles. The van der Waals surface area contributed by atoms with E-state index < -0.39 is 25.4 Å². The minimum Gasteiger partial charge on any atom is -0.399 e. The van der Waals surface area contributed by atoms with Gasteiger partial charge < -0.3 is 18.6 Å². The Hall–Kier alpha value is -1.83. The Kier molecular flexibility index (Phi) is 5.56. The monoisotopic (exact) mass is 494 g/mol. The first kappa shape index (κ1) is 24.8. The van der Waals surface area contributed by atoms with Gasteiger partial charge in [0.05, 0.1) is 33.6 Å². The molecular formula is C26H33B2ClN2O4. The molecule has 0 N–H and O–H groups in total. The van der Waals surface area contributed by atoms with Crippen LogP contribution in [0.25, 0.3) is 16.6 Å². The van der Waals surface area contributed by atoms with Crippen LogP contribution in [0.1, 0.15) is 61.0 Å². The van der Waals surface area contributed by atoms with Gasteiger partial charge in [-0.25, -0.2) is 4.68 Å². The number of rotatable bonds is 3. The summed E-state index contributed by atoms with van der Waals surface area (Å²) in [6.07, 6.45) is 0. The van der Waals surface area contributed by atoms with Crippen molar-refractivity contribution < 1.29 is 18.6 Å². The van der Waals surface area contributed by atoms with Crippen LogP contribution in [-0.2, 0) is 18.6 Å². The Bertz CT molecular complexity index is 1290. The molecular weight excluding hydrogens is 461 g/mol. The van der Waals surface area contributed by atoms with Gasteiger partial charge in [-0.2, -0.15) is 5.10 Å². The highest BCUT2D eigenvalue weighted by atomic mass is 35.5. The molecule has 0 amide bonds. The molecule has 0 atom stereocenters. The normalized spacial score (nSPS) is 22.3. The molecule has 2 aliphatic heterocycles. The number of aromatic nitrogens is 2. The van der Waals surface area contributed by atoms with Gasteiger partial charge in [-0.05, 0) is 97.0 Å². The number of aryl methyl sites for hydroxylation is 1. The van der Waals surface area contributed by atoms with E-state index in [0.717, 1.165) is 33.1 Å². The van der Waals surface area contributed by atoms with Gasteiger partial charge in [0.15, 0.2) is 0 Å². The molecule has 0 spiro atoms. The SMILES string of the molecule is Cc1cc(B2OC(C)(C)C(C)(C)O2)ccc1-n1nc2ccc(B3OC(C)(C)C(C)(C)O3)cc2c1Cl. The summed E-state index contributed by atoms with van der Waals surface area (Å²) >= 11 is 6.87. The van der Waals surface area contributed by atoms with E-state index in [9.17, 15) is 0 Å². The number of hydrogen-bond donors (Lipinski definition) is 0. The van der Waals surface area contributed by atoms with Gasteiger partial charge in [-0.3, -0.25) is 0 Å². The van der Waals surface area contributed by atoms with E-state index in [1.807, 2.05) is 65.0 Å². The van der Waals surface area contributed by atoms with E-state index in [-0.39, 0.29) is 11.2 Å². The van der Waals surface area contributed by atoms with Gasteiger partial charge in [0, 0.05) is 5.39 Å². The van der Waals surface area contributed by atoms with Gasteiger partial charge in [-0.1, -0.05) is 29.8 Å². The van der Waals surface area contributed by atoms with Crippen molar-refractivity contribution in [3.63, 3.8) is 0 Å². The maximum absolute atomic E-state index is 6.87. The zero-order valence-electron chi connectivity index (χ0n) is 22.0. The second-order valence-electron chi connectivity index (χ2n) is 11.7. The van der Waals surface area contributed by atoms with Gasteiger partial charge >= 0.3 is 14.2 Å². The molecule has 5 rings (SSSR count). The molecule has 0 bridgehead atoms. The third-order valence-electron chi connectivity index (χ3n) is 8.14. The fraction of sp³-hybridized carbons (Fsp3) is 0.500. The van der Waals surface area contributed by atoms with E-state index >= 15 is 0 Å². The molecule has 2 saturated heterocycles. The zero-order valence-corrected chi connectivity index (χ0v) is 22.8. The molecule has 0 saturated carbocycles. The van der Waals surface area contributed by atoms with Crippen molar-refractivity contribution in [2.75, 3.05) is 0 Å². The molecule has 0 radical (unpaired) electrons. The first-order valence-corrected chi connectivity index (χ1v) is 12.5. The lowest BCUT2D eigenvalue weighted by atomic mass is 9.78. The van der Waals surface area contributed by atoms with Gasteiger partial charge in [0.2, 0.25) is 0 Å². The summed E-state index contributed by atoms with van der Waals surface area (Å²) in [6.45, 7) is 18.5. The first-order valence-electron chi connectivity index (χ1n) is 12.1. The minimum absolute atomic E-state index is 0.387. The van der Waals surface area contributed by atoms with Crippen LogP contribution in [0.2, 0.25) is 5.15 Å².